The maximum atomic E-state index is 13.2. The van der Waals surface area contributed by atoms with Gasteiger partial charge in [-0.3, -0.25) is 0 Å². The van der Waals surface area contributed by atoms with Crippen LogP contribution >= 0.6 is 0 Å². The lowest BCUT2D eigenvalue weighted by atomic mass is 10.2. The quantitative estimate of drug-likeness (QED) is 0.694. The summed E-state index contributed by atoms with van der Waals surface area (Å²) in [4.78, 5) is 4.19. The molecule has 0 bridgehead atoms. The maximum Gasteiger partial charge on any atom is 0.154 e. The van der Waals surface area contributed by atoms with Gasteiger partial charge >= 0.3 is 0 Å². The van der Waals surface area contributed by atoms with Gasteiger partial charge in [0.15, 0.2) is 5.65 Å². The van der Waals surface area contributed by atoms with Crippen LogP contribution in [0.3, 0.4) is 0 Å². The average Bonchev–Trinajstić information content (AvgIpc) is 2.71. The summed E-state index contributed by atoms with van der Waals surface area (Å²) in [6.07, 6.45) is 1.65. The highest BCUT2D eigenvalue weighted by atomic mass is 19.1. The molecule has 0 atom stereocenters. The number of fused-ring (bicyclic) bond motifs is 1. The van der Waals surface area contributed by atoms with E-state index in [9.17, 15) is 4.39 Å². The largest absolute Gasteiger partial charge is 0.382 e. The van der Waals surface area contributed by atoms with Crippen molar-refractivity contribution < 1.29 is 4.39 Å². The van der Waals surface area contributed by atoms with Crippen molar-refractivity contribution in [1.29, 1.82) is 0 Å². The molecular formula is C12H9FN4. The first kappa shape index (κ1) is 9.77. The van der Waals surface area contributed by atoms with Gasteiger partial charge in [-0.2, -0.15) is 0 Å². The van der Waals surface area contributed by atoms with E-state index < -0.39 is 0 Å². The van der Waals surface area contributed by atoms with Gasteiger partial charge in [-0.05, 0) is 24.3 Å². The number of nitrogens with zero attached hydrogens (tertiary/aromatic N) is 3. The predicted octanol–water partition coefficient (Wildman–Crippen LogP) is 2.12. The summed E-state index contributed by atoms with van der Waals surface area (Å²) in [5.41, 5.74) is 7.74. The summed E-state index contributed by atoms with van der Waals surface area (Å²) in [6, 6.07) is 9.74. The molecule has 3 rings (SSSR count). The number of rotatable bonds is 1. The van der Waals surface area contributed by atoms with Crippen molar-refractivity contribution in [2.45, 2.75) is 0 Å². The third kappa shape index (κ3) is 1.61. The normalized spacial score (nSPS) is 10.9. The zero-order valence-electron chi connectivity index (χ0n) is 8.84. The topological polar surface area (TPSA) is 56.2 Å². The summed E-state index contributed by atoms with van der Waals surface area (Å²) in [5, 5.41) is 4.15. The van der Waals surface area contributed by atoms with E-state index in [4.69, 9.17) is 5.73 Å². The van der Waals surface area contributed by atoms with Crippen molar-refractivity contribution in [1.82, 2.24) is 14.6 Å². The van der Waals surface area contributed by atoms with Gasteiger partial charge in [0.05, 0.1) is 11.9 Å². The molecule has 1 aromatic carbocycles. The molecule has 0 amide bonds. The number of nitrogen functional groups attached to an aromatic ring is 1. The number of hydrogen-bond acceptors (Lipinski definition) is 3. The average molecular weight is 228 g/mol. The Kier molecular flexibility index (Phi) is 2.04. The van der Waals surface area contributed by atoms with Crippen LogP contribution in [-0.2, 0) is 0 Å². The molecule has 0 unspecified atom stereocenters. The standard InChI is InChI=1S/C12H9FN4/c13-9-3-1-2-8(6-9)10-7-15-12-5-4-11(14)16-17(10)12/h1-7H,(H2,14,16). The summed E-state index contributed by atoms with van der Waals surface area (Å²) in [6.45, 7) is 0. The van der Waals surface area contributed by atoms with Crippen LogP contribution in [0.15, 0.2) is 42.6 Å². The van der Waals surface area contributed by atoms with Gasteiger partial charge in [0, 0.05) is 5.56 Å². The molecule has 0 saturated heterocycles. The highest BCUT2D eigenvalue weighted by Crippen LogP contribution is 2.20. The fourth-order valence-electron chi connectivity index (χ4n) is 1.73. The number of benzene rings is 1. The Labute approximate surface area is 96.5 Å². The molecule has 17 heavy (non-hydrogen) atoms. The molecule has 2 N–H and O–H groups in total. The first-order valence-electron chi connectivity index (χ1n) is 5.10. The van der Waals surface area contributed by atoms with E-state index in [0.29, 0.717) is 17.2 Å². The summed E-state index contributed by atoms with van der Waals surface area (Å²) < 4.78 is 14.8. The van der Waals surface area contributed by atoms with Crippen LogP contribution in [0.5, 0.6) is 0 Å². The zero-order valence-corrected chi connectivity index (χ0v) is 8.84. The third-order valence-corrected chi connectivity index (χ3v) is 2.50. The van der Waals surface area contributed by atoms with Crippen LogP contribution in [0.4, 0.5) is 10.2 Å². The number of anilines is 1. The molecule has 5 heteroatoms. The molecule has 0 radical (unpaired) electrons. The Hall–Kier alpha value is -2.43. The Morgan fingerprint density at radius 2 is 2.06 bits per heavy atom. The Balaban J connectivity index is 2.27. The van der Waals surface area contributed by atoms with Gasteiger partial charge in [-0.1, -0.05) is 12.1 Å². The van der Waals surface area contributed by atoms with Crippen LogP contribution in [0.25, 0.3) is 16.9 Å². The lowest BCUT2D eigenvalue weighted by Gasteiger charge is -2.01. The van der Waals surface area contributed by atoms with Crippen LogP contribution < -0.4 is 5.73 Å². The molecule has 0 aliphatic carbocycles. The van der Waals surface area contributed by atoms with Crippen LogP contribution in [0.2, 0.25) is 0 Å². The smallest absolute Gasteiger partial charge is 0.154 e. The van der Waals surface area contributed by atoms with Crippen molar-refractivity contribution in [3.05, 3.63) is 48.4 Å². The SMILES string of the molecule is Nc1ccc2ncc(-c3cccc(F)c3)n2n1. The molecule has 0 aliphatic heterocycles. The van der Waals surface area contributed by atoms with Crippen molar-refractivity contribution >= 4 is 11.5 Å². The lowest BCUT2D eigenvalue weighted by molar-refractivity contribution is 0.628. The van der Waals surface area contributed by atoms with Crippen LogP contribution in [0, 0.1) is 5.82 Å². The molecule has 0 aliphatic rings. The minimum atomic E-state index is -0.290. The Morgan fingerprint density at radius 3 is 2.88 bits per heavy atom. The fourth-order valence-corrected chi connectivity index (χ4v) is 1.73. The molecule has 4 nitrogen and oxygen atoms in total. The molecule has 2 aromatic heterocycles. The molecule has 84 valence electrons. The Morgan fingerprint density at radius 1 is 1.18 bits per heavy atom. The highest BCUT2D eigenvalue weighted by molar-refractivity contribution is 5.63. The van der Waals surface area contributed by atoms with E-state index in [1.165, 1.54) is 12.1 Å². The number of hydrogen-bond donors (Lipinski definition) is 1. The maximum absolute atomic E-state index is 13.2. The number of nitrogens with two attached hydrogens (primary N) is 1. The second kappa shape index (κ2) is 3.55. The predicted molar refractivity (Wildman–Crippen MR) is 62.8 cm³/mol. The van der Waals surface area contributed by atoms with Gasteiger partial charge in [0.25, 0.3) is 0 Å². The van der Waals surface area contributed by atoms with E-state index in [2.05, 4.69) is 10.1 Å². The summed E-state index contributed by atoms with van der Waals surface area (Å²) in [5.74, 6) is 0.106. The van der Waals surface area contributed by atoms with Crippen molar-refractivity contribution in [3.63, 3.8) is 0 Å². The van der Waals surface area contributed by atoms with Gasteiger partial charge in [-0.15, -0.1) is 5.10 Å². The van der Waals surface area contributed by atoms with Gasteiger partial charge in [0.1, 0.15) is 11.6 Å². The highest BCUT2D eigenvalue weighted by Gasteiger charge is 2.07. The molecule has 0 spiro atoms. The third-order valence-electron chi connectivity index (χ3n) is 2.50. The molecule has 2 heterocycles. The zero-order chi connectivity index (χ0) is 11.8. The van der Waals surface area contributed by atoms with Crippen molar-refractivity contribution in [2.24, 2.45) is 0 Å². The first-order valence-corrected chi connectivity index (χ1v) is 5.10. The minimum absolute atomic E-state index is 0.290. The van der Waals surface area contributed by atoms with E-state index in [-0.39, 0.29) is 5.82 Å². The fraction of sp³-hybridized carbons (Fsp3) is 0. The van der Waals surface area contributed by atoms with Crippen LogP contribution in [0.1, 0.15) is 0 Å². The Bertz CT molecular complexity index is 690. The van der Waals surface area contributed by atoms with Gasteiger partial charge in [-0.25, -0.2) is 13.9 Å². The summed E-state index contributed by atoms with van der Waals surface area (Å²) >= 11 is 0. The van der Waals surface area contributed by atoms with Crippen molar-refractivity contribution in [3.8, 4) is 11.3 Å². The van der Waals surface area contributed by atoms with Crippen LogP contribution in [-0.4, -0.2) is 14.6 Å². The van der Waals surface area contributed by atoms with Gasteiger partial charge < -0.3 is 5.73 Å². The molecular weight excluding hydrogens is 219 g/mol. The number of aromatic nitrogens is 3. The van der Waals surface area contributed by atoms with E-state index in [0.717, 1.165) is 5.56 Å². The minimum Gasteiger partial charge on any atom is -0.382 e. The molecule has 3 aromatic rings. The van der Waals surface area contributed by atoms with E-state index in [1.54, 1.807) is 35.0 Å². The second-order valence-electron chi connectivity index (χ2n) is 3.68. The molecule has 0 saturated carbocycles. The second-order valence-corrected chi connectivity index (χ2v) is 3.68. The molecule has 0 fully saturated rings. The monoisotopic (exact) mass is 228 g/mol. The lowest BCUT2D eigenvalue weighted by Crippen LogP contribution is -1.98. The van der Waals surface area contributed by atoms with Gasteiger partial charge in [0.2, 0.25) is 0 Å². The number of halogens is 1. The number of imidazole rings is 1. The van der Waals surface area contributed by atoms with Crippen molar-refractivity contribution in [2.75, 3.05) is 5.73 Å². The van der Waals surface area contributed by atoms with E-state index >= 15 is 0 Å². The van der Waals surface area contributed by atoms with E-state index in [1.807, 2.05) is 0 Å². The first-order chi connectivity index (χ1) is 8.24. The summed E-state index contributed by atoms with van der Waals surface area (Å²) in [7, 11) is 0.